The van der Waals surface area contributed by atoms with Gasteiger partial charge in [0.05, 0.1) is 0 Å². The van der Waals surface area contributed by atoms with Gasteiger partial charge < -0.3 is 20.5 Å². The Bertz CT molecular complexity index is 330. The molecule has 0 aliphatic heterocycles. The van der Waals surface area contributed by atoms with Crippen LogP contribution in [0.3, 0.4) is 0 Å². The van der Waals surface area contributed by atoms with E-state index >= 15 is 0 Å². The number of anilines is 1. The molecule has 0 radical (unpaired) electrons. The van der Waals surface area contributed by atoms with Crippen molar-refractivity contribution in [1.82, 2.24) is 4.98 Å². The van der Waals surface area contributed by atoms with Crippen LogP contribution >= 0.6 is 0 Å². The highest BCUT2D eigenvalue weighted by Gasteiger charge is 2.41. The topological polar surface area (TPSA) is 102 Å². The monoisotopic (exact) mass is 198 g/mol. The first-order chi connectivity index (χ1) is 6.47. The van der Waals surface area contributed by atoms with Crippen LogP contribution in [0.1, 0.15) is 6.92 Å². The molecule has 0 amide bonds. The molecule has 4 N–H and O–H groups in total. The molecule has 1 aromatic rings. The third kappa shape index (κ3) is 1.68. The number of aromatic amines is 1. The maximum atomic E-state index is 10.7. The average Bonchev–Trinajstić information content (AvgIpc) is 2.55. The lowest BCUT2D eigenvalue weighted by Gasteiger charge is -2.21. The largest absolute Gasteiger partial charge is 0.479 e. The third-order valence-corrected chi connectivity index (χ3v) is 1.84. The first-order valence-corrected chi connectivity index (χ1v) is 3.85. The van der Waals surface area contributed by atoms with E-state index in [1.807, 2.05) is 0 Å². The molecule has 0 fully saturated rings. The van der Waals surface area contributed by atoms with Crippen LogP contribution in [-0.4, -0.2) is 32.7 Å². The number of aromatic nitrogens is 1. The Morgan fingerprint density at radius 2 is 2.00 bits per heavy atom. The van der Waals surface area contributed by atoms with Crippen LogP contribution < -0.4 is 5.32 Å². The smallest absolute Gasteiger partial charge is 0.340 e. The zero-order chi connectivity index (χ0) is 10.8. The molecule has 0 atom stereocenters. The first-order valence-electron chi connectivity index (χ1n) is 3.85. The summed E-state index contributed by atoms with van der Waals surface area (Å²) in [5.74, 6) is -2.54. The first kappa shape index (κ1) is 10.1. The van der Waals surface area contributed by atoms with Crippen LogP contribution in [0.15, 0.2) is 18.3 Å². The van der Waals surface area contributed by atoms with Crippen molar-refractivity contribution in [3.05, 3.63) is 18.3 Å². The Balaban J connectivity index is 2.91. The Hall–Kier alpha value is -1.98. The molecule has 14 heavy (non-hydrogen) atoms. The number of carboxylic acids is 2. The molecule has 0 saturated carbocycles. The van der Waals surface area contributed by atoms with Crippen LogP contribution in [0.5, 0.6) is 0 Å². The van der Waals surface area contributed by atoms with Gasteiger partial charge in [0, 0.05) is 6.20 Å². The summed E-state index contributed by atoms with van der Waals surface area (Å²) in [5, 5.41) is 19.9. The van der Waals surface area contributed by atoms with Crippen molar-refractivity contribution in [2.75, 3.05) is 5.32 Å². The van der Waals surface area contributed by atoms with Gasteiger partial charge in [-0.25, -0.2) is 9.59 Å². The van der Waals surface area contributed by atoms with Crippen molar-refractivity contribution in [1.29, 1.82) is 0 Å². The van der Waals surface area contributed by atoms with Crippen molar-refractivity contribution < 1.29 is 19.8 Å². The van der Waals surface area contributed by atoms with E-state index in [9.17, 15) is 9.59 Å². The van der Waals surface area contributed by atoms with Gasteiger partial charge in [-0.1, -0.05) is 0 Å². The van der Waals surface area contributed by atoms with Crippen LogP contribution in [-0.2, 0) is 9.59 Å². The molecule has 0 bridgehead atoms. The minimum Gasteiger partial charge on any atom is -0.479 e. The predicted molar refractivity (Wildman–Crippen MR) is 48.1 cm³/mol. The second-order valence-corrected chi connectivity index (χ2v) is 2.94. The molecule has 1 heterocycles. The van der Waals surface area contributed by atoms with Crippen molar-refractivity contribution in [2.45, 2.75) is 12.5 Å². The quantitative estimate of drug-likeness (QED) is 0.523. The number of hydrogen-bond donors (Lipinski definition) is 4. The zero-order valence-corrected chi connectivity index (χ0v) is 7.44. The number of carboxylic acid groups (broad SMARTS) is 2. The van der Waals surface area contributed by atoms with Crippen molar-refractivity contribution in [3.63, 3.8) is 0 Å². The van der Waals surface area contributed by atoms with E-state index in [-0.39, 0.29) is 0 Å². The van der Waals surface area contributed by atoms with E-state index < -0.39 is 17.5 Å². The van der Waals surface area contributed by atoms with Crippen molar-refractivity contribution in [2.24, 2.45) is 0 Å². The normalized spacial score (nSPS) is 10.9. The van der Waals surface area contributed by atoms with Crippen LogP contribution in [0, 0.1) is 0 Å². The van der Waals surface area contributed by atoms with Crippen LogP contribution in [0.2, 0.25) is 0 Å². The summed E-state index contributed by atoms with van der Waals surface area (Å²) >= 11 is 0. The summed E-state index contributed by atoms with van der Waals surface area (Å²) in [7, 11) is 0. The molecule has 6 heteroatoms. The fourth-order valence-corrected chi connectivity index (χ4v) is 0.876. The fraction of sp³-hybridized carbons (Fsp3) is 0.250. The second kappa shape index (κ2) is 3.41. The highest BCUT2D eigenvalue weighted by Crippen LogP contribution is 2.13. The molecule has 6 nitrogen and oxygen atoms in total. The van der Waals surface area contributed by atoms with Gasteiger partial charge in [-0.15, -0.1) is 0 Å². The van der Waals surface area contributed by atoms with Gasteiger partial charge in [0.15, 0.2) is 0 Å². The van der Waals surface area contributed by atoms with Gasteiger partial charge in [-0.3, -0.25) is 0 Å². The Morgan fingerprint density at radius 1 is 1.43 bits per heavy atom. The summed E-state index contributed by atoms with van der Waals surface area (Å²) in [6.45, 7) is 1.08. The number of hydrogen-bond acceptors (Lipinski definition) is 3. The minimum atomic E-state index is -2.02. The fourth-order valence-electron chi connectivity index (χ4n) is 0.876. The second-order valence-electron chi connectivity index (χ2n) is 2.94. The van der Waals surface area contributed by atoms with Gasteiger partial charge in [0.2, 0.25) is 5.54 Å². The predicted octanol–water partition coefficient (Wildman–Crippen LogP) is 0.354. The number of aliphatic carboxylic acids is 2. The maximum Gasteiger partial charge on any atom is 0.340 e. The van der Waals surface area contributed by atoms with E-state index in [0.29, 0.717) is 5.82 Å². The Labute approximate surface area is 79.6 Å². The third-order valence-electron chi connectivity index (χ3n) is 1.84. The number of nitrogens with one attached hydrogen (secondary N) is 2. The molecule has 1 rings (SSSR count). The van der Waals surface area contributed by atoms with E-state index in [0.717, 1.165) is 6.92 Å². The highest BCUT2D eigenvalue weighted by atomic mass is 16.4. The molecule has 0 unspecified atom stereocenters. The number of H-pyrrole nitrogens is 1. The average molecular weight is 198 g/mol. The molecule has 0 saturated heterocycles. The SMILES string of the molecule is CC(Nc1ccc[nH]1)(C(=O)O)C(=O)O. The van der Waals surface area contributed by atoms with Crippen molar-refractivity contribution in [3.8, 4) is 0 Å². The van der Waals surface area contributed by atoms with E-state index in [1.165, 1.54) is 0 Å². The van der Waals surface area contributed by atoms with E-state index in [4.69, 9.17) is 10.2 Å². The van der Waals surface area contributed by atoms with Gasteiger partial charge in [-0.05, 0) is 19.1 Å². The molecule has 1 aromatic heterocycles. The highest BCUT2D eigenvalue weighted by molar-refractivity contribution is 6.05. The maximum absolute atomic E-state index is 10.7. The molecular formula is C8H10N2O4. The summed E-state index contributed by atoms with van der Waals surface area (Å²) in [5.41, 5.74) is -2.02. The molecule has 0 aromatic carbocycles. The molecular weight excluding hydrogens is 188 g/mol. The minimum absolute atomic E-state index is 0.345. The summed E-state index contributed by atoms with van der Waals surface area (Å²) in [4.78, 5) is 24.1. The summed E-state index contributed by atoms with van der Waals surface area (Å²) < 4.78 is 0. The molecule has 0 aliphatic carbocycles. The van der Waals surface area contributed by atoms with E-state index in [1.54, 1.807) is 18.3 Å². The summed E-state index contributed by atoms with van der Waals surface area (Å²) in [6, 6.07) is 3.18. The lowest BCUT2D eigenvalue weighted by molar-refractivity contribution is -0.154. The molecule has 76 valence electrons. The standard InChI is InChI=1S/C8H10N2O4/c1-8(6(11)12,7(13)14)10-5-3-2-4-9-5/h2-4,9-10H,1H3,(H,11,12)(H,13,14). The number of rotatable bonds is 4. The van der Waals surface area contributed by atoms with Gasteiger partial charge in [0.25, 0.3) is 0 Å². The van der Waals surface area contributed by atoms with E-state index in [2.05, 4.69) is 10.3 Å². The van der Waals surface area contributed by atoms with Gasteiger partial charge >= 0.3 is 11.9 Å². The van der Waals surface area contributed by atoms with Gasteiger partial charge in [-0.2, -0.15) is 0 Å². The van der Waals surface area contributed by atoms with Crippen LogP contribution in [0.25, 0.3) is 0 Å². The number of carbonyl (C=O) groups is 2. The zero-order valence-electron chi connectivity index (χ0n) is 7.44. The van der Waals surface area contributed by atoms with Crippen LogP contribution in [0.4, 0.5) is 5.82 Å². The lowest BCUT2D eigenvalue weighted by Crippen LogP contribution is -2.50. The van der Waals surface area contributed by atoms with Gasteiger partial charge in [0.1, 0.15) is 5.82 Å². The Morgan fingerprint density at radius 3 is 2.36 bits per heavy atom. The van der Waals surface area contributed by atoms with Crippen molar-refractivity contribution >= 4 is 17.8 Å². The lowest BCUT2D eigenvalue weighted by atomic mass is 10.0. The Kier molecular flexibility index (Phi) is 2.46. The summed E-state index contributed by atoms with van der Waals surface area (Å²) in [6.07, 6.45) is 1.56. The molecule has 0 spiro atoms. The molecule has 0 aliphatic rings.